The first kappa shape index (κ1) is 21.8. The molecule has 9 heteroatoms. The van der Waals surface area contributed by atoms with Gasteiger partial charge in [-0.15, -0.1) is 0 Å². The Kier molecular flexibility index (Phi) is 7.07. The van der Waals surface area contributed by atoms with E-state index in [1.54, 1.807) is 54.6 Å². The van der Waals surface area contributed by atoms with Crippen molar-refractivity contribution in [3.63, 3.8) is 0 Å². The van der Waals surface area contributed by atoms with Crippen molar-refractivity contribution in [2.75, 3.05) is 20.3 Å². The molecule has 2 aromatic carbocycles. The van der Waals surface area contributed by atoms with Crippen LogP contribution in [-0.4, -0.2) is 48.1 Å². The fourth-order valence-corrected chi connectivity index (χ4v) is 3.62. The number of carbonyl (C=O) groups excluding carboxylic acids is 4. The standard InChI is InChI=1S/C21H16BrNO6S/c1-28-19(25)12-29-16-8-2-13(3-9-16)10-18-20(26)23(21(27)30-18)11-17(24)14-4-6-15(22)7-5-14/h2-10H,11-12H2,1H3/b18-10-. The summed E-state index contributed by atoms with van der Waals surface area (Å²) in [6, 6.07) is 13.3. The molecular weight excluding hydrogens is 474 g/mol. The van der Waals surface area contributed by atoms with E-state index in [9.17, 15) is 19.2 Å². The van der Waals surface area contributed by atoms with E-state index in [1.165, 1.54) is 7.11 Å². The number of benzene rings is 2. The van der Waals surface area contributed by atoms with Gasteiger partial charge in [0.1, 0.15) is 5.75 Å². The molecule has 0 aliphatic carbocycles. The zero-order valence-electron chi connectivity index (χ0n) is 15.8. The second-order valence-corrected chi connectivity index (χ2v) is 8.04. The lowest BCUT2D eigenvalue weighted by molar-refractivity contribution is -0.142. The van der Waals surface area contributed by atoms with E-state index in [-0.39, 0.29) is 23.8 Å². The van der Waals surface area contributed by atoms with Crippen LogP contribution in [-0.2, 0) is 14.3 Å². The number of amides is 2. The van der Waals surface area contributed by atoms with Crippen molar-refractivity contribution in [1.82, 2.24) is 4.90 Å². The summed E-state index contributed by atoms with van der Waals surface area (Å²) in [5, 5.41) is -0.491. The van der Waals surface area contributed by atoms with Crippen molar-refractivity contribution >= 4 is 56.7 Å². The van der Waals surface area contributed by atoms with Gasteiger partial charge >= 0.3 is 5.97 Å². The predicted octanol–water partition coefficient (Wildman–Crippen LogP) is 3.92. The highest BCUT2D eigenvalue weighted by atomic mass is 79.9. The second kappa shape index (κ2) is 9.73. The Balaban J connectivity index is 1.66. The topological polar surface area (TPSA) is 90.0 Å². The lowest BCUT2D eigenvalue weighted by Gasteiger charge is -2.11. The molecule has 0 N–H and O–H groups in total. The summed E-state index contributed by atoms with van der Waals surface area (Å²) in [5.41, 5.74) is 1.09. The smallest absolute Gasteiger partial charge is 0.343 e. The number of imide groups is 1. The zero-order chi connectivity index (χ0) is 21.7. The molecule has 0 unspecified atom stereocenters. The number of rotatable bonds is 7. The predicted molar refractivity (Wildman–Crippen MR) is 115 cm³/mol. The molecule has 0 aromatic heterocycles. The third-order valence-electron chi connectivity index (χ3n) is 4.10. The normalized spacial score (nSPS) is 14.9. The summed E-state index contributed by atoms with van der Waals surface area (Å²) in [6.45, 7) is -0.523. The molecule has 7 nitrogen and oxygen atoms in total. The summed E-state index contributed by atoms with van der Waals surface area (Å²) < 4.78 is 10.6. The van der Waals surface area contributed by atoms with E-state index >= 15 is 0 Å². The van der Waals surface area contributed by atoms with Crippen LogP contribution in [0.4, 0.5) is 4.79 Å². The van der Waals surface area contributed by atoms with Crippen molar-refractivity contribution in [2.24, 2.45) is 0 Å². The lowest BCUT2D eigenvalue weighted by atomic mass is 10.1. The van der Waals surface area contributed by atoms with Crippen LogP contribution < -0.4 is 4.74 Å². The van der Waals surface area contributed by atoms with E-state index in [2.05, 4.69) is 20.7 Å². The van der Waals surface area contributed by atoms with Gasteiger partial charge in [0.05, 0.1) is 18.6 Å². The number of methoxy groups -OCH3 is 1. The average molecular weight is 490 g/mol. The molecule has 154 valence electrons. The van der Waals surface area contributed by atoms with Crippen LogP contribution in [0.15, 0.2) is 57.9 Å². The van der Waals surface area contributed by atoms with Crippen LogP contribution in [0.5, 0.6) is 5.75 Å². The van der Waals surface area contributed by atoms with Gasteiger partial charge in [0.15, 0.2) is 12.4 Å². The highest BCUT2D eigenvalue weighted by molar-refractivity contribution is 9.10. The van der Waals surface area contributed by atoms with E-state index in [1.807, 2.05) is 0 Å². The first-order chi connectivity index (χ1) is 14.4. The minimum Gasteiger partial charge on any atom is -0.482 e. The third kappa shape index (κ3) is 5.37. The van der Waals surface area contributed by atoms with Crippen molar-refractivity contribution in [2.45, 2.75) is 0 Å². The van der Waals surface area contributed by atoms with Gasteiger partial charge in [-0.3, -0.25) is 19.3 Å². The number of esters is 1. The molecule has 30 heavy (non-hydrogen) atoms. The van der Waals surface area contributed by atoms with Gasteiger partial charge < -0.3 is 9.47 Å². The summed E-state index contributed by atoms with van der Waals surface area (Å²) in [4.78, 5) is 49.5. The average Bonchev–Trinajstić information content (AvgIpc) is 3.00. The molecule has 0 saturated carbocycles. The van der Waals surface area contributed by atoms with Crippen molar-refractivity contribution in [3.8, 4) is 5.75 Å². The molecule has 1 fully saturated rings. The number of nitrogens with zero attached hydrogens (tertiary/aromatic N) is 1. The maximum atomic E-state index is 12.6. The van der Waals surface area contributed by atoms with Crippen LogP contribution in [0.25, 0.3) is 6.08 Å². The Bertz CT molecular complexity index is 1020. The van der Waals surface area contributed by atoms with Crippen molar-refractivity contribution < 1.29 is 28.7 Å². The molecular formula is C21H16BrNO6S. The highest BCUT2D eigenvalue weighted by Crippen LogP contribution is 2.32. The molecule has 2 aromatic rings. The fourth-order valence-electron chi connectivity index (χ4n) is 2.52. The Morgan fingerprint density at radius 1 is 1.07 bits per heavy atom. The second-order valence-electron chi connectivity index (χ2n) is 6.13. The minimum absolute atomic E-state index is 0.207. The number of thioether (sulfide) groups is 1. The molecule has 2 amide bonds. The lowest BCUT2D eigenvalue weighted by Crippen LogP contribution is -2.33. The Labute approximate surface area is 185 Å². The molecule has 1 heterocycles. The molecule has 0 radical (unpaired) electrons. The van der Waals surface area contributed by atoms with Gasteiger partial charge in [0.2, 0.25) is 0 Å². The number of halogens is 1. The molecule has 0 spiro atoms. The quantitative estimate of drug-likeness (QED) is 0.330. The Morgan fingerprint density at radius 3 is 2.37 bits per heavy atom. The van der Waals surface area contributed by atoms with Crippen LogP contribution in [0.2, 0.25) is 0 Å². The van der Waals surface area contributed by atoms with E-state index in [0.717, 1.165) is 21.1 Å². The maximum Gasteiger partial charge on any atom is 0.343 e. The third-order valence-corrected chi connectivity index (χ3v) is 5.54. The maximum absolute atomic E-state index is 12.6. The number of carbonyl (C=O) groups is 4. The number of Topliss-reactive ketones (excluding diaryl/α,β-unsaturated/α-hetero) is 1. The van der Waals surface area contributed by atoms with Crippen LogP contribution >= 0.6 is 27.7 Å². The van der Waals surface area contributed by atoms with Crippen LogP contribution in [0.3, 0.4) is 0 Å². The fraction of sp³-hybridized carbons (Fsp3) is 0.143. The van der Waals surface area contributed by atoms with Gasteiger partial charge in [0.25, 0.3) is 11.1 Å². The molecule has 1 aliphatic heterocycles. The van der Waals surface area contributed by atoms with Crippen LogP contribution in [0, 0.1) is 0 Å². The molecule has 0 atom stereocenters. The van der Waals surface area contributed by atoms with Gasteiger partial charge in [-0.05, 0) is 47.7 Å². The van der Waals surface area contributed by atoms with Crippen LogP contribution in [0.1, 0.15) is 15.9 Å². The number of ketones is 1. The summed E-state index contributed by atoms with van der Waals surface area (Å²) in [5.74, 6) is -0.865. The molecule has 1 aliphatic rings. The highest BCUT2D eigenvalue weighted by Gasteiger charge is 2.36. The van der Waals surface area contributed by atoms with E-state index in [0.29, 0.717) is 16.9 Å². The van der Waals surface area contributed by atoms with Gasteiger partial charge in [-0.2, -0.15) is 0 Å². The summed E-state index contributed by atoms with van der Waals surface area (Å²) >= 11 is 4.08. The SMILES string of the molecule is COC(=O)COc1ccc(/C=C2\SC(=O)N(CC(=O)c3ccc(Br)cc3)C2=O)cc1. The first-order valence-electron chi connectivity index (χ1n) is 8.71. The van der Waals surface area contributed by atoms with E-state index in [4.69, 9.17) is 4.74 Å². The van der Waals surface area contributed by atoms with Crippen molar-refractivity contribution in [1.29, 1.82) is 0 Å². The first-order valence-corrected chi connectivity index (χ1v) is 10.3. The van der Waals surface area contributed by atoms with Gasteiger partial charge in [-0.1, -0.05) is 40.2 Å². The number of hydrogen-bond donors (Lipinski definition) is 0. The zero-order valence-corrected chi connectivity index (χ0v) is 18.2. The van der Waals surface area contributed by atoms with E-state index < -0.39 is 17.1 Å². The summed E-state index contributed by atoms with van der Waals surface area (Å²) in [7, 11) is 1.27. The number of ether oxygens (including phenoxy) is 2. The summed E-state index contributed by atoms with van der Waals surface area (Å²) in [6.07, 6.45) is 1.57. The Hall–Kier alpha value is -2.91. The molecule has 1 saturated heterocycles. The molecule has 0 bridgehead atoms. The minimum atomic E-state index is -0.513. The monoisotopic (exact) mass is 489 g/mol. The van der Waals surface area contributed by atoms with Gasteiger partial charge in [0, 0.05) is 10.0 Å². The van der Waals surface area contributed by atoms with Crippen molar-refractivity contribution in [3.05, 3.63) is 69.0 Å². The largest absolute Gasteiger partial charge is 0.482 e. The van der Waals surface area contributed by atoms with Gasteiger partial charge in [-0.25, -0.2) is 4.79 Å². The molecule has 3 rings (SSSR count). The number of hydrogen-bond acceptors (Lipinski definition) is 7. The Morgan fingerprint density at radius 2 is 1.73 bits per heavy atom.